The maximum absolute atomic E-state index is 12.2. The van der Waals surface area contributed by atoms with Gasteiger partial charge in [-0.1, -0.05) is 23.8 Å². The van der Waals surface area contributed by atoms with Gasteiger partial charge in [0.2, 0.25) is 10.0 Å². The lowest BCUT2D eigenvalue weighted by Crippen LogP contribution is -2.32. The molecule has 0 bridgehead atoms. The van der Waals surface area contributed by atoms with E-state index < -0.39 is 10.0 Å². The predicted octanol–water partition coefficient (Wildman–Crippen LogP) is 2.92. The molecule has 6 nitrogen and oxygen atoms in total. The smallest absolute Gasteiger partial charge is 0.242 e. The van der Waals surface area contributed by atoms with Crippen LogP contribution in [0.15, 0.2) is 47.4 Å². The summed E-state index contributed by atoms with van der Waals surface area (Å²) in [5, 5.41) is 6.44. The first-order chi connectivity index (χ1) is 12.7. The molecule has 0 saturated carbocycles. The van der Waals surface area contributed by atoms with Crippen LogP contribution in [-0.4, -0.2) is 45.1 Å². The molecule has 8 heteroatoms. The molecule has 0 radical (unpaired) electrons. The van der Waals surface area contributed by atoms with Crippen LogP contribution in [0.25, 0.3) is 0 Å². The van der Waals surface area contributed by atoms with Gasteiger partial charge in [-0.05, 0) is 55.9 Å². The lowest BCUT2D eigenvalue weighted by Gasteiger charge is -2.14. The first-order valence-electron chi connectivity index (χ1n) is 8.47. The summed E-state index contributed by atoms with van der Waals surface area (Å²) >= 11 is 5.26. The number of anilines is 1. The molecule has 0 saturated heterocycles. The third-order valence-corrected chi connectivity index (χ3v) is 5.90. The van der Waals surface area contributed by atoms with Crippen LogP contribution in [0.4, 0.5) is 5.69 Å². The van der Waals surface area contributed by atoms with Crippen LogP contribution >= 0.6 is 12.2 Å². The summed E-state index contributed by atoms with van der Waals surface area (Å²) in [5.74, 6) is 0.850. The van der Waals surface area contributed by atoms with E-state index in [2.05, 4.69) is 16.7 Å². The molecule has 0 aliphatic rings. The number of sulfonamides is 1. The highest BCUT2D eigenvalue weighted by atomic mass is 32.2. The molecule has 2 aromatic carbocycles. The summed E-state index contributed by atoms with van der Waals surface area (Å²) in [4.78, 5) is 0.207. The van der Waals surface area contributed by atoms with Gasteiger partial charge in [-0.25, -0.2) is 12.7 Å². The van der Waals surface area contributed by atoms with Gasteiger partial charge in [-0.3, -0.25) is 0 Å². The molecule has 0 unspecified atom stereocenters. The van der Waals surface area contributed by atoms with Gasteiger partial charge >= 0.3 is 0 Å². The Morgan fingerprint density at radius 3 is 2.56 bits per heavy atom. The quantitative estimate of drug-likeness (QED) is 0.543. The number of hydrogen-bond donors (Lipinski definition) is 2. The lowest BCUT2D eigenvalue weighted by molar-refractivity contribution is 0.320. The van der Waals surface area contributed by atoms with E-state index in [1.807, 2.05) is 26.0 Å². The minimum Gasteiger partial charge on any atom is -0.491 e. The highest BCUT2D eigenvalue weighted by Crippen LogP contribution is 2.19. The molecule has 0 amide bonds. The van der Waals surface area contributed by atoms with Crippen LogP contribution < -0.4 is 15.4 Å². The van der Waals surface area contributed by atoms with E-state index in [4.69, 9.17) is 17.0 Å². The van der Waals surface area contributed by atoms with Crippen LogP contribution in [0.1, 0.15) is 11.1 Å². The molecule has 2 rings (SSSR count). The topological polar surface area (TPSA) is 70.7 Å². The van der Waals surface area contributed by atoms with Gasteiger partial charge < -0.3 is 15.4 Å². The summed E-state index contributed by atoms with van der Waals surface area (Å²) < 4.78 is 31.3. The molecular formula is C19H25N3O3S2. The molecule has 2 N–H and O–H groups in total. The van der Waals surface area contributed by atoms with Crippen molar-refractivity contribution in [1.82, 2.24) is 9.62 Å². The normalized spacial score (nSPS) is 11.3. The summed E-state index contributed by atoms with van der Waals surface area (Å²) in [6.45, 7) is 5.04. The van der Waals surface area contributed by atoms with Gasteiger partial charge in [0.15, 0.2) is 5.11 Å². The molecule has 0 atom stereocenters. The van der Waals surface area contributed by atoms with E-state index in [9.17, 15) is 8.42 Å². The van der Waals surface area contributed by atoms with Gasteiger partial charge in [0.25, 0.3) is 0 Å². The molecule has 0 aliphatic carbocycles. The van der Waals surface area contributed by atoms with E-state index in [1.165, 1.54) is 24.0 Å². The number of nitrogens with zero attached hydrogens (tertiary/aromatic N) is 1. The van der Waals surface area contributed by atoms with E-state index in [-0.39, 0.29) is 4.90 Å². The first-order valence-corrected chi connectivity index (χ1v) is 10.3. The number of thiocarbonyl (C=S) groups is 1. The Morgan fingerprint density at radius 2 is 1.89 bits per heavy atom. The number of aryl methyl sites for hydroxylation is 2. The Morgan fingerprint density at radius 1 is 1.15 bits per heavy atom. The largest absolute Gasteiger partial charge is 0.491 e. The van der Waals surface area contributed by atoms with Crippen molar-refractivity contribution in [2.75, 3.05) is 32.6 Å². The summed E-state index contributed by atoms with van der Waals surface area (Å²) in [7, 11) is -0.489. The second kappa shape index (κ2) is 9.16. The Bertz CT molecular complexity index is 912. The van der Waals surface area contributed by atoms with Crippen LogP contribution in [-0.2, 0) is 10.0 Å². The number of nitrogens with one attached hydrogen (secondary N) is 2. The second-order valence-corrected chi connectivity index (χ2v) is 8.87. The van der Waals surface area contributed by atoms with E-state index in [1.54, 1.807) is 24.3 Å². The van der Waals surface area contributed by atoms with Gasteiger partial charge in [0.1, 0.15) is 12.4 Å². The van der Waals surface area contributed by atoms with Crippen molar-refractivity contribution in [3.8, 4) is 5.75 Å². The first kappa shape index (κ1) is 21.1. The number of ether oxygens (including phenoxy) is 1. The van der Waals surface area contributed by atoms with Gasteiger partial charge in [0, 0.05) is 19.8 Å². The Balaban J connectivity index is 1.86. The molecule has 146 valence electrons. The second-order valence-electron chi connectivity index (χ2n) is 6.31. The van der Waals surface area contributed by atoms with Gasteiger partial charge in [-0.15, -0.1) is 0 Å². The maximum Gasteiger partial charge on any atom is 0.242 e. The Kier molecular flexibility index (Phi) is 7.18. The third kappa shape index (κ3) is 5.92. The van der Waals surface area contributed by atoms with E-state index in [0.29, 0.717) is 24.0 Å². The zero-order chi connectivity index (χ0) is 20.0. The predicted molar refractivity (Wildman–Crippen MR) is 113 cm³/mol. The molecule has 0 spiro atoms. The summed E-state index contributed by atoms with van der Waals surface area (Å²) in [5.41, 5.74) is 2.89. The average Bonchev–Trinajstić information content (AvgIpc) is 2.60. The molecule has 0 fully saturated rings. The monoisotopic (exact) mass is 407 g/mol. The third-order valence-electron chi connectivity index (χ3n) is 3.85. The molecule has 0 aromatic heterocycles. The summed E-state index contributed by atoms with van der Waals surface area (Å²) in [6, 6.07) is 12.6. The molecular weight excluding hydrogens is 382 g/mol. The van der Waals surface area contributed by atoms with Gasteiger partial charge in [-0.2, -0.15) is 0 Å². The van der Waals surface area contributed by atoms with Crippen LogP contribution in [0.2, 0.25) is 0 Å². The lowest BCUT2D eigenvalue weighted by atomic mass is 10.1. The minimum absolute atomic E-state index is 0.207. The standard InChI is InChI=1S/C19H25N3O3S2/c1-14-8-9-18(15(2)12-14)25-11-10-20-19(26)21-16-6-5-7-17(13-16)27(23,24)22(3)4/h5-9,12-13H,10-11H2,1-4H3,(H2,20,21,26). The molecule has 0 aliphatic heterocycles. The van der Waals surface area contributed by atoms with Crippen LogP contribution in [0.5, 0.6) is 5.75 Å². The highest BCUT2D eigenvalue weighted by molar-refractivity contribution is 7.89. The van der Waals surface area contributed by atoms with Crippen molar-refractivity contribution in [3.05, 3.63) is 53.6 Å². The number of hydrogen-bond acceptors (Lipinski definition) is 4. The minimum atomic E-state index is -3.48. The van der Waals surface area contributed by atoms with Gasteiger partial charge in [0.05, 0.1) is 11.4 Å². The van der Waals surface area contributed by atoms with Crippen molar-refractivity contribution in [2.24, 2.45) is 0 Å². The van der Waals surface area contributed by atoms with E-state index >= 15 is 0 Å². The van der Waals surface area contributed by atoms with E-state index in [0.717, 1.165) is 11.3 Å². The SMILES string of the molecule is Cc1ccc(OCCNC(=S)Nc2cccc(S(=O)(=O)N(C)C)c2)c(C)c1. The fraction of sp³-hybridized carbons (Fsp3) is 0.316. The number of rotatable bonds is 7. The fourth-order valence-electron chi connectivity index (χ4n) is 2.41. The van der Waals surface area contributed by atoms with Crippen molar-refractivity contribution < 1.29 is 13.2 Å². The average molecular weight is 408 g/mol. The zero-order valence-corrected chi connectivity index (χ0v) is 17.6. The summed E-state index contributed by atoms with van der Waals surface area (Å²) in [6.07, 6.45) is 0. The zero-order valence-electron chi connectivity index (χ0n) is 15.9. The van der Waals surface area contributed by atoms with Crippen LogP contribution in [0, 0.1) is 13.8 Å². The maximum atomic E-state index is 12.2. The number of benzene rings is 2. The van der Waals surface area contributed by atoms with Crippen molar-refractivity contribution in [2.45, 2.75) is 18.7 Å². The Hall–Kier alpha value is -2.16. The highest BCUT2D eigenvalue weighted by Gasteiger charge is 2.17. The van der Waals surface area contributed by atoms with Crippen molar-refractivity contribution in [3.63, 3.8) is 0 Å². The Labute approximate surface area is 166 Å². The molecule has 2 aromatic rings. The van der Waals surface area contributed by atoms with Crippen molar-refractivity contribution >= 4 is 33.0 Å². The fourth-order valence-corrected chi connectivity index (χ4v) is 3.58. The molecule has 0 heterocycles. The van der Waals surface area contributed by atoms with Crippen molar-refractivity contribution in [1.29, 1.82) is 0 Å². The molecule has 27 heavy (non-hydrogen) atoms. The van der Waals surface area contributed by atoms with Crippen LogP contribution in [0.3, 0.4) is 0 Å².